The van der Waals surface area contributed by atoms with Crippen molar-refractivity contribution in [2.75, 3.05) is 13.1 Å². The van der Waals surface area contributed by atoms with Crippen LogP contribution < -0.4 is 0 Å². The molecule has 0 saturated carbocycles. The van der Waals surface area contributed by atoms with Gasteiger partial charge in [0.2, 0.25) is 0 Å². The highest BCUT2D eigenvalue weighted by Crippen LogP contribution is 2.39. The number of Topliss-reactive ketones (excluding diaryl/α,β-unsaturated/α-hetero) is 1. The van der Waals surface area contributed by atoms with Crippen molar-refractivity contribution in [3.05, 3.63) is 41.7 Å². The molecule has 0 spiro atoms. The van der Waals surface area contributed by atoms with Gasteiger partial charge in [-0.1, -0.05) is 30.3 Å². The lowest BCUT2D eigenvalue weighted by atomic mass is 9.72. The molecular formula is C16H19N5O3. The zero-order valence-electron chi connectivity index (χ0n) is 13.4. The van der Waals surface area contributed by atoms with Gasteiger partial charge in [0.05, 0.1) is 5.41 Å². The quantitative estimate of drug-likeness (QED) is 0.908. The van der Waals surface area contributed by atoms with Crippen LogP contribution >= 0.6 is 0 Å². The van der Waals surface area contributed by atoms with E-state index in [-0.39, 0.29) is 12.3 Å². The summed E-state index contributed by atoms with van der Waals surface area (Å²) in [6, 6.07) is 9.83. The number of carboxylic acid groups (broad SMARTS) is 1. The van der Waals surface area contributed by atoms with Gasteiger partial charge in [0, 0.05) is 13.1 Å². The van der Waals surface area contributed by atoms with Gasteiger partial charge in [-0.05, 0) is 30.5 Å². The van der Waals surface area contributed by atoms with E-state index in [1.807, 2.05) is 30.3 Å². The van der Waals surface area contributed by atoms with Crippen molar-refractivity contribution in [2.24, 2.45) is 0 Å². The van der Waals surface area contributed by atoms with Gasteiger partial charge in [0.1, 0.15) is 6.54 Å². The third-order valence-electron chi connectivity index (χ3n) is 4.46. The fraction of sp³-hybridized carbons (Fsp3) is 0.438. The van der Waals surface area contributed by atoms with Crippen LogP contribution in [0.4, 0.5) is 4.79 Å². The Kier molecular flexibility index (Phi) is 4.28. The molecule has 8 heteroatoms. The van der Waals surface area contributed by atoms with E-state index in [2.05, 4.69) is 15.4 Å². The van der Waals surface area contributed by atoms with Gasteiger partial charge in [-0.25, -0.2) is 4.79 Å². The lowest BCUT2D eigenvalue weighted by molar-refractivity contribution is -0.117. The molecule has 1 aliphatic heterocycles. The first kappa shape index (κ1) is 16.1. The first-order valence-electron chi connectivity index (χ1n) is 7.82. The second kappa shape index (κ2) is 6.38. The van der Waals surface area contributed by atoms with E-state index in [9.17, 15) is 14.7 Å². The predicted molar refractivity (Wildman–Crippen MR) is 84.6 cm³/mol. The molecule has 1 aromatic carbocycles. The van der Waals surface area contributed by atoms with Crippen LogP contribution in [0.15, 0.2) is 30.3 Å². The molecule has 0 unspecified atom stereocenters. The number of hydrogen-bond acceptors (Lipinski definition) is 5. The third kappa shape index (κ3) is 2.99. The van der Waals surface area contributed by atoms with Crippen molar-refractivity contribution < 1.29 is 14.7 Å². The van der Waals surface area contributed by atoms with Gasteiger partial charge in [0.25, 0.3) is 0 Å². The van der Waals surface area contributed by atoms with Crippen molar-refractivity contribution in [2.45, 2.75) is 31.7 Å². The zero-order valence-corrected chi connectivity index (χ0v) is 13.4. The monoisotopic (exact) mass is 329 g/mol. The van der Waals surface area contributed by atoms with Crippen molar-refractivity contribution in [3.8, 4) is 0 Å². The predicted octanol–water partition coefficient (Wildman–Crippen LogP) is 1.32. The van der Waals surface area contributed by atoms with Gasteiger partial charge in [-0.3, -0.25) is 4.79 Å². The van der Waals surface area contributed by atoms with E-state index in [4.69, 9.17) is 0 Å². The summed E-state index contributed by atoms with van der Waals surface area (Å²) in [5, 5.41) is 21.7. The maximum atomic E-state index is 11.3. The number of carbonyl (C=O) groups is 2. The zero-order chi connectivity index (χ0) is 17.2. The summed E-state index contributed by atoms with van der Waals surface area (Å²) in [6.45, 7) is 2.37. The molecule has 0 bridgehead atoms. The van der Waals surface area contributed by atoms with E-state index in [0.717, 1.165) is 5.56 Å². The molecule has 1 aromatic heterocycles. The number of tetrazole rings is 1. The Morgan fingerprint density at radius 3 is 2.46 bits per heavy atom. The highest BCUT2D eigenvalue weighted by Gasteiger charge is 2.42. The Morgan fingerprint density at radius 1 is 1.21 bits per heavy atom. The van der Waals surface area contributed by atoms with E-state index >= 15 is 0 Å². The third-order valence-corrected chi connectivity index (χ3v) is 4.46. The summed E-state index contributed by atoms with van der Waals surface area (Å²) in [7, 11) is 0. The number of amides is 1. The van der Waals surface area contributed by atoms with Crippen molar-refractivity contribution in [1.29, 1.82) is 0 Å². The lowest BCUT2D eigenvalue weighted by Gasteiger charge is -2.39. The van der Waals surface area contributed by atoms with Crippen LogP contribution in [0.25, 0.3) is 0 Å². The first-order valence-corrected chi connectivity index (χ1v) is 7.82. The largest absolute Gasteiger partial charge is 0.465 e. The summed E-state index contributed by atoms with van der Waals surface area (Å²) < 4.78 is 0. The van der Waals surface area contributed by atoms with Gasteiger partial charge in [0.15, 0.2) is 11.6 Å². The van der Waals surface area contributed by atoms with Gasteiger partial charge in [-0.15, -0.1) is 10.2 Å². The fourth-order valence-corrected chi connectivity index (χ4v) is 3.18. The normalized spacial score (nSPS) is 16.8. The molecule has 1 saturated heterocycles. The Morgan fingerprint density at radius 2 is 1.88 bits per heavy atom. The standard InChI is InChI=1S/C16H19N5O3/c1-12(22)11-21-18-14(17-19-21)16(13-5-3-2-4-6-13)7-9-20(10-8-16)15(23)24/h2-6H,7-11H2,1H3,(H,23,24). The summed E-state index contributed by atoms with van der Waals surface area (Å²) >= 11 is 0. The Labute approximate surface area is 139 Å². The molecule has 0 aliphatic carbocycles. The highest BCUT2D eigenvalue weighted by molar-refractivity contribution is 5.74. The minimum absolute atomic E-state index is 0.0478. The SMILES string of the molecule is CC(=O)Cn1nnc(C2(c3ccccc3)CCN(C(=O)O)CC2)n1. The average Bonchev–Trinajstić information content (AvgIpc) is 3.04. The topological polar surface area (TPSA) is 101 Å². The molecule has 1 amide bonds. The number of likely N-dealkylation sites (tertiary alicyclic amines) is 1. The maximum Gasteiger partial charge on any atom is 0.407 e. The number of hydrogen-bond donors (Lipinski definition) is 1. The Balaban J connectivity index is 1.96. The van der Waals surface area contributed by atoms with E-state index in [1.165, 1.54) is 16.6 Å². The molecule has 1 fully saturated rings. The Hall–Kier alpha value is -2.77. The smallest absolute Gasteiger partial charge is 0.407 e. The molecule has 126 valence electrons. The van der Waals surface area contributed by atoms with Crippen LogP contribution in [0, 0.1) is 0 Å². The molecule has 2 heterocycles. The molecule has 2 aromatic rings. The van der Waals surface area contributed by atoms with Gasteiger partial charge < -0.3 is 10.0 Å². The lowest BCUT2D eigenvalue weighted by Crippen LogP contribution is -2.45. The number of benzene rings is 1. The molecule has 1 N–H and O–H groups in total. The molecule has 0 atom stereocenters. The number of carbonyl (C=O) groups excluding carboxylic acids is 1. The van der Waals surface area contributed by atoms with Gasteiger partial charge >= 0.3 is 6.09 Å². The van der Waals surface area contributed by atoms with E-state index in [0.29, 0.717) is 31.8 Å². The molecule has 24 heavy (non-hydrogen) atoms. The van der Waals surface area contributed by atoms with E-state index < -0.39 is 11.5 Å². The van der Waals surface area contributed by atoms with Crippen LogP contribution in [0.5, 0.6) is 0 Å². The van der Waals surface area contributed by atoms with Crippen molar-refractivity contribution in [1.82, 2.24) is 25.1 Å². The second-order valence-electron chi connectivity index (χ2n) is 6.06. The molecule has 8 nitrogen and oxygen atoms in total. The van der Waals surface area contributed by atoms with Crippen molar-refractivity contribution in [3.63, 3.8) is 0 Å². The van der Waals surface area contributed by atoms with Gasteiger partial charge in [-0.2, -0.15) is 4.80 Å². The highest BCUT2D eigenvalue weighted by atomic mass is 16.4. The minimum atomic E-state index is -0.912. The van der Waals surface area contributed by atoms with E-state index in [1.54, 1.807) is 0 Å². The number of piperidine rings is 1. The van der Waals surface area contributed by atoms with Crippen LogP contribution in [-0.4, -0.2) is 55.2 Å². The molecule has 0 radical (unpaired) electrons. The Bertz CT molecular complexity index is 735. The first-order chi connectivity index (χ1) is 11.5. The molecule has 3 rings (SSSR count). The second-order valence-corrected chi connectivity index (χ2v) is 6.06. The number of nitrogens with zero attached hydrogens (tertiary/aromatic N) is 5. The minimum Gasteiger partial charge on any atom is -0.465 e. The number of rotatable bonds is 4. The molecule has 1 aliphatic rings. The van der Waals surface area contributed by atoms with Crippen LogP contribution in [0.3, 0.4) is 0 Å². The number of aromatic nitrogens is 4. The van der Waals surface area contributed by atoms with Crippen LogP contribution in [0.1, 0.15) is 31.2 Å². The van der Waals surface area contributed by atoms with Crippen molar-refractivity contribution >= 4 is 11.9 Å². The average molecular weight is 329 g/mol. The maximum absolute atomic E-state index is 11.3. The fourth-order valence-electron chi connectivity index (χ4n) is 3.18. The summed E-state index contributed by atoms with van der Waals surface area (Å²) in [5.74, 6) is 0.494. The summed E-state index contributed by atoms with van der Waals surface area (Å²) in [5.41, 5.74) is 0.555. The van der Waals surface area contributed by atoms with Crippen LogP contribution in [0.2, 0.25) is 0 Å². The number of ketones is 1. The van der Waals surface area contributed by atoms with Crippen LogP contribution in [-0.2, 0) is 16.8 Å². The summed E-state index contributed by atoms with van der Waals surface area (Å²) in [6.07, 6.45) is 0.245. The summed E-state index contributed by atoms with van der Waals surface area (Å²) in [4.78, 5) is 25.2. The molecular weight excluding hydrogens is 310 g/mol.